The van der Waals surface area contributed by atoms with E-state index in [-0.39, 0.29) is 28.8 Å². The highest BCUT2D eigenvalue weighted by Crippen LogP contribution is 2.63. The number of fused-ring (bicyclic) bond motifs is 1. The first-order chi connectivity index (χ1) is 6.83. The molecule has 0 aromatic rings. The molecule has 2 aliphatic carbocycles. The Hall–Kier alpha value is -0.370. The van der Waals surface area contributed by atoms with E-state index in [2.05, 4.69) is 27.7 Å². The van der Waals surface area contributed by atoms with Gasteiger partial charge in [0.25, 0.3) is 0 Å². The monoisotopic (exact) mass is 210 g/mol. The SMILES string of the molecule is C[C@H]1C(=O)C[C@]2(C)[C@@H](C)[C@H](O)CC[C@]12C. The lowest BCUT2D eigenvalue weighted by atomic mass is 9.52. The number of rotatable bonds is 0. The maximum absolute atomic E-state index is 11.9. The van der Waals surface area contributed by atoms with E-state index in [1.54, 1.807) is 0 Å². The topological polar surface area (TPSA) is 37.3 Å². The Bertz CT molecular complexity index is 299. The van der Waals surface area contributed by atoms with Gasteiger partial charge in [0, 0.05) is 12.3 Å². The molecule has 0 aliphatic heterocycles. The van der Waals surface area contributed by atoms with Gasteiger partial charge in [0.05, 0.1) is 6.10 Å². The predicted octanol–water partition coefficient (Wildman–Crippen LogP) is 2.40. The number of carbonyl (C=O) groups excluding carboxylic acids is 1. The average Bonchev–Trinajstić information content (AvgIpc) is 2.36. The van der Waals surface area contributed by atoms with Crippen LogP contribution in [0.4, 0.5) is 0 Å². The normalized spacial score (nSPS) is 55.5. The maximum atomic E-state index is 11.9. The van der Waals surface area contributed by atoms with Crippen LogP contribution in [0.25, 0.3) is 0 Å². The molecule has 2 rings (SSSR count). The highest BCUT2D eigenvalue weighted by molar-refractivity contribution is 5.85. The van der Waals surface area contributed by atoms with Crippen LogP contribution in [0.2, 0.25) is 0 Å². The van der Waals surface area contributed by atoms with Crippen molar-refractivity contribution in [2.75, 3.05) is 0 Å². The van der Waals surface area contributed by atoms with Crippen molar-refractivity contribution in [3.63, 3.8) is 0 Å². The Morgan fingerprint density at radius 1 is 1.27 bits per heavy atom. The van der Waals surface area contributed by atoms with Crippen LogP contribution in [0.1, 0.15) is 47.0 Å². The van der Waals surface area contributed by atoms with Crippen LogP contribution in [0.15, 0.2) is 0 Å². The summed E-state index contributed by atoms with van der Waals surface area (Å²) in [5.74, 6) is 0.795. The third-order valence-electron chi connectivity index (χ3n) is 5.83. The number of ketones is 1. The molecule has 1 N–H and O–H groups in total. The Kier molecular flexibility index (Phi) is 2.27. The Balaban J connectivity index is 2.43. The fourth-order valence-electron chi connectivity index (χ4n) is 3.87. The van der Waals surface area contributed by atoms with Crippen molar-refractivity contribution >= 4 is 5.78 Å². The summed E-state index contributed by atoms with van der Waals surface area (Å²) >= 11 is 0. The van der Waals surface area contributed by atoms with Crippen molar-refractivity contribution in [1.29, 1.82) is 0 Å². The molecule has 2 heteroatoms. The quantitative estimate of drug-likeness (QED) is 0.666. The number of hydrogen-bond acceptors (Lipinski definition) is 2. The smallest absolute Gasteiger partial charge is 0.136 e. The molecule has 2 saturated carbocycles. The molecule has 0 heterocycles. The van der Waals surface area contributed by atoms with Crippen LogP contribution in [-0.4, -0.2) is 17.0 Å². The van der Waals surface area contributed by atoms with Crippen molar-refractivity contribution in [2.24, 2.45) is 22.7 Å². The summed E-state index contributed by atoms with van der Waals surface area (Å²) in [6, 6.07) is 0. The minimum absolute atomic E-state index is 0.00116. The number of carbonyl (C=O) groups is 1. The summed E-state index contributed by atoms with van der Waals surface area (Å²) in [5.41, 5.74) is 0.101. The van der Waals surface area contributed by atoms with E-state index in [4.69, 9.17) is 0 Å². The van der Waals surface area contributed by atoms with Crippen molar-refractivity contribution in [2.45, 2.75) is 53.1 Å². The molecular formula is C13H22O2. The molecule has 15 heavy (non-hydrogen) atoms. The van der Waals surface area contributed by atoms with Gasteiger partial charge >= 0.3 is 0 Å². The molecule has 0 amide bonds. The molecule has 0 spiro atoms. The van der Waals surface area contributed by atoms with Crippen molar-refractivity contribution in [3.05, 3.63) is 0 Å². The zero-order valence-corrected chi connectivity index (χ0v) is 10.2. The molecule has 0 bridgehead atoms. The fourth-order valence-corrected chi connectivity index (χ4v) is 3.87. The van der Waals surface area contributed by atoms with E-state index in [9.17, 15) is 9.90 Å². The standard InChI is InChI=1S/C13H22O2/c1-8-10(14)5-6-12(3)9(2)11(15)7-13(8,12)4/h8-10,14H,5-7H2,1-4H3/t8-,9-,10+,12+,13+/m0/s1. The Morgan fingerprint density at radius 3 is 2.47 bits per heavy atom. The summed E-state index contributed by atoms with van der Waals surface area (Å²) in [4.78, 5) is 11.9. The van der Waals surface area contributed by atoms with Crippen molar-refractivity contribution < 1.29 is 9.90 Å². The lowest BCUT2D eigenvalue weighted by molar-refractivity contribution is -0.121. The predicted molar refractivity (Wildman–Crippen MR) is 59.4 cm³/mol. The zero-order chi connectivity index (χ0) is 11.4. The molecule has 5 atom stereocenters. The van der Waals surface area contributed by atoms with Gasteiger partial charge in [-0.1, -0.05) is 27.7 Å². The van der Waals surface area contributed by atoms with E-state index in [0.29, 0.717) is 12.2 Å². The molecule has 0 radical (unpaired) electrons. The second-order valence-corrected chi connectivity index (χ2v) is 6.09. The minimum Gasteiger partial charge on any atom is -0.393 e. The van der Waals surface area contributed by atoms with Crippen molar-refractivity contribution in [3.8, 4) is 0 Å². The summed E-state index contributed by atoms with van der Waals surface area (Å²) < 4.78 is 0. The average molecular weight is 210 g/mol. The third kappa shape index (κ3) is 1.17. The highest BCUT2D eigenvalue weighted by Gasteiger charge is 2.61. The lowest BCUT2D eigenvalue weighted by Crippen LogP contribution is -2.49. The Labute approximate surface area is 92.1 Å². The molecule has 2 aliphatic rings. The van der Waals surface area contributed by atoms with Gasteiger partial charge < -0.3 is 5.11 Å². The van der Waals surface area contributed by atoms with Gasteiger partial charge in [-0.15, -0.1) is 0 Å². The van der Waals surface area contributed by atoms with Gasteiger partial charge in [-0.05, 0) is 29.6 Å². The molecule has 86 valence electrons. The molecule has 0 aromatic heterocycles. The first-order valence-electron chi connectivity index (χ1n) is 6.04. The van der Waals surface area contributed by atoms with E-state index in [0.717, 1.165) is 12.8 Å². The fraction of sp³-hybridized carbons (Fsp3) is 0.923. The van der Waals surface area contributed by atoms with Crippen molar-refractivity contribution in [1.82, 2.24) is 0 Å². The molecule has 0 aromatic carbocycles. The largest absolute Gasteiger partial charge is 0.393 e. The third-order valence-corrected chi connectivity index (χ3v) is 5.83. The van der Waals surface area contributed by atoms with E-state index in [1.807, 2.05) is 0 Å². The van der Waals surface area contributed by atoms with Crippen LogP contribution in [-0.2, 0) is 4.79 Å². The van der Waals surface area contributed by atoms with E-state index in [1.165, 1.54) is 0 Å². The second-order valence-electron chi connectivity index (χ2n) is 6.09. The van der Waals surface area contributed by atoms with Gasteiger partial charge in [-0.25, -0.2) is 0 Å². The number of Topliss-reactive ketones (excluding diaryl/α,β-unsaturated/α-hetero) is 1. The van der Waals surface area contributed by atoms with Crippen LogP contribution in [0.5, 0.6) is 0 Å². The van der Waals surface area contributed by atoms with Crippen LogP contribution < -0.4 is 0 Å². The van der Waals surface area contributed by atoms with E-state index < -0.39 is 0 Å². The Morgan fingerprint density at radius 2 is 1.87 bits per heavy atom. The molecule has 0 saturated heterocycles. The molecular weight excluding hydrogens is 188 g/mol. The van der Waals surface area contributed by atoms with Gasteiger partial charge in [0.2, 0.25) is 0 Å². The first-order valence-corrected chi connectivity index (χ1v) is 6.04. The number of aliphatic hydroxyl groups excluding tert-OH is 1. The summed E-state index contributed by atoms with van der Waals surface area (Å²) in [6.45, 7) is 8.61. The molecule has 2 fully saturated rings. The maximum Gasteiger partial charge on any atom is 0.136 e. The van der Waals surface area contributed by atoms with Gasteiger partial charge in [-0.3, -0.25) is 4.79 Å². The summed E-state index contributed by atoms with van der Waals surface area (Å²) in [7, 11) is 0. The van der Waals surface area contributed by atoms with Crippen LogP contribution >= 0.6 is 0 Å². The van der Waals surface area contributed by atoms with Crippen LogP contribution in [0.3, 0.4) is 0 Å². The number of aliphatic hydroxyl groups is 1. The molecule has 0 unspecified atom stereocenters. The lowest BCUT2D eigenvalue weighted by Gasteiger charge is -2.52. The number of hydrogen-bond donors (Lipinski definition) is 1. The highest BCUT2D eigenvalue weighted by atomic mass is 16.3. The molecule has 2 nitrogen and oxygen atoms in total. The van der Waals surface area contributed by atoms with Crippen LogP contribution in [0, 0.1) is 22.7 Å². The van der Waals surface area contributed by atoms with E-state index >= 15 is 0 Å². The van der Waals surface area contributed by atoms with Gasteiger partial charge in [-0.2, -0.15) is 0 Å². The van der Waals surface area contributed by atoms with Gasteiger partial charge in [0.1, 0.15) is 5.78 Å². The first kappa shape index (κ1) is 11.1. The summed E-state index contributed by atoms with van der Waals surface area (Å²) in [5, 5.41) is 9.97. The summed E-state index contributed by atoms with van der Waals surface area (Å²) in [6.07, 6.45) is 2.27. The zero-order valence-electron chi connectivity index (χ0n) is 10.2. The minimum atomic E-state index is -0.221. The second kappa shape index (κ2) is 3.07. The van der Waals surface area contributed by atoms with Gasteiger partial charge in [0.15, 0.2) is 0 Å².